The number of aromatic nitrogens is 4. The molecular weight excluding hydrogens is 518 g/mol. The molecule has 1 fully saturated rings. The molecule has 4 atom stereocenters. The van der Waals surface area contributed by atoms with Crippen LogP contribution < -0.4 is 5.73 Å². The minimum atomic E-state index is -2.19. The summed E-state index contributed by atoms with van der Waals surface area (Å²) >= 11 is 0. The Balaban J connectivity index is 1.85. The molecule has 39 heavy (non-hydrogen) atoms. The van der Waals surface area contributed by atoms with E-state index in [1.165, 1.54) is 20.2 Å². The van der Waals surface area contributed by atoms with Gasteiger partial charge in [0.2, 0.25) is 0 Å². The number of nitrogen functional groups attached to an aromatic ring is 1. The van der Waals surface area contributed by atoms with Crippen molar-refractivity contribution in [2.75, 3.05) is 12.3 Å². The lowest BCUT2D eigenvalue weighted by molar-refractivity contribution is -0.165. The van der Waals surface area contributed by atoms with Gasteiger partial charge in [-0.25, -0.2) is 15.0 Å². The van der Waals surface area contributed by atoms with Crippen LogP contribution in [0.1, 0.15) is 46.4 Å². The maximum Gasteiger partial charge on any atom is 0.303 e. The molecule has 4 rings (SSSR count). The maximum absolute atomic E-state index is 12.3. The first kappa shape index (κ1) is 28.6. The Bertz CT molecular complexity index is 1370. The van der Waals surface area contributed by atoms with Crippen LogP contribution >= 0.6 is 0 Å². The van der Waals surface area contributed by atoms with Crippen molar-refractivity contribution in [2.24, 2.45) is 0 Å². The second-order valence-corrected chi connectivity index (χ2v) is 16.2. The normalized spacial score (nSPS) is 21.7. The predicted molar refractivity (Wildman–Crippen MR) is 148 cm³/mol. The van der Waals surface area contributed by atoms with Crippen LogP contribution in [0.15, 0.2) is 30.6 Å². The van der Waals surface area contributed by atoms with Crippen molar-refractivity contribution in [1.82, 2.24) is 19.5 Å². The molecule has 3 aromatic rings. The molecule has 0 spiro atoms. The molecule has 1 aromatic carbocycles. The number of benzene rings is 1. The summed E-state index contributed by atoms with van der Waals surface area (Å²) in [6.07, 6.45) is -2.26. The summed E-state index contributed by atoms with van der Waals surface area (Å²) in [6, 6.07) is 7.78. The molecule has 2 N–H and O–H groups in total. The summed E-state index contributed by atoms with van der Waals surface area (Å²) in [4.78, 5) is 37.8. The van der Waals surface area contributed by atoms with Crippen LogP contribution in [0.3, 0.4) is 0 Å². The van der Waals surface area contributed by atoms with Crippen molar-refractivity contribution in [1.29, 1.82) is 0 Å². The number of ether oxygens (including phenoxy) is 3. The van der Waals surface area contributed by atoms with E-state index in [0.717, 1.165) is 11.1 Å². The highest BCUT2D eigenvalue weighted by molar-refractivity contribution is 6.74. The molecule has 2 aromatic heterocycles. The van der Waals surface area contributed by atoms with Crippen LogP contribution in [0.5, 0.6) is 0 Å². The van der Waals surface area contributed by atoms with E-state index in [9.17, 15) is 9.59 Å². The second kappa shape index (κ2) is 10.7. The summed E-state index contributed by atoms with van der Waals surface area (Å²) in [5, 5.41) is -0.0508. The number of hydrogen-bond donors (Lipinski definition) is 1. The van der Waals surface area contributed by atoms with Crippen LogP contribution in [0.25, 0.3) is 22.6 Å². The van der Waals surface area contributed by atoms with Crippen molar-refractivity contribution >= 4 is 37.2 Å². The number of carbonyl (C=O) groups excluding carboxylic acids is 2. The number of anilines is 1. The molecule has 0 amide bonds. The molecule has 1 aliphatic heterocycles. The van der Waals surface area contributed by atoms with Crippen LogP contribution in [-0.2, 0) is 28.2 Å². The van der Waals surface area contributed by atoms with Crippen LogP contribution in [-0.4, -0.2) is 64.7 Å². The second-order valence-electron chi connectivity index (χ2n) is 11.4. The third-order valence-electron chi connectivity index (χ3n) is 7.37. The number of imidazole rings is 1. The van der Waals surface area contributed by atoms with Gasteiger partial charge in [0, 0.05) is 19.4 Å². The largest absolute Gasteiger partial charge is 0.456 e. The zero-order chi connectivity index (χ0) is 28.7. The first-order valence-electron chi connectivity index (χ1n) is 12.9. The van der Waals surface area contributed by atoms with Gasteiger partial charge in [0.25, 0.3) is 0 Å². The van der Waals surface area contributed by atoms with Gasteiger partial charge >= 0.3 is 11.9 Å². The van der Waals surface area contributed by atoms with Gasteiger partial charge in [0.05, 0.1) is 6.61 Å². The lowest BCUT2D eigenvalue weighted by atomic mass is 10.1. The third-order valence-corrected chi connectivity index (χ3v) is 11.9. The Morgan fingerprint density at radius 3 is 2.26 bits per heavy atom. The Morgan fingerprint density at radius 1 is 1.05 bits per heavy atom. The molecule has 0 saturated carbocycles. The van der Waals surface area contributed by atoms with Gasteiger partial charge in [-0.1, -0.05) is 50.6 Å². The smallest absolute Gasteiger partial charge is 0.303 e. The number of esters is 2. The number of nitrogens with zero attached hydrogens (tertiary/aromatic N) is 4. The van der Waals surface area contributed by atoms with E-state index in [1.54, 1.807) is 4.57 Å². The van der Waals surface area contributed by atoms with Crippen molar-refractivity contribution in [3.63, 3.8) is 0 Å². The van der Waals surface area contributed by atoms with Crippen LogP contribution in [0.2, 0.25) is 18.1 Å². The lowest BCUT2D eigenvalue weighted by Gasteiger charge is -2.37. The van der Waals surface area contributed by atoms with Crippen molar-refractivity contribution in [3.05, 3.63) is 36.2 Å². The molecule has 1 saturated heterocycles. The van der Waals surface area contributed by atoms with Crippen LogP contribution in [0.4, 0.5) is 5.82 Å². The fourth-order valence-corrected chi connectivity index (χ4v) is 5.30. The first-order chi connectivity index (χ1) is 18.2. The van der Waals surface area contributed by atoms with Crippen molar-refractivity contribution in [3.8, 4) is 11.4 Å². The Kier molecular flexibility index (Phi) is 7.83. The van der Waals surface area contributed by atoms with E-state index in [0.29, 0.717) is 17.0 Å². The van der Waals surface area contributed by atoms with Gasteiger partial charge < -0.3 is 24.4 Å². The SMILES string of the molecule is CC(=O)O[C@@H]1[C@H](OC(C)=O)[C@@H](CO[Si](C)(C)C(C)(C)C)O[C@H]1n1c(-c2ccc(C)cc2)nc2c(N)ncnc21. The highest BCUT2D eigenvalue weighted by Gasteiger charge is 2.52. The number of hydrogen-bond acceptors (Lipinski definition) is 10. The lowest BCUT2D eigenvalue weighted by Crippen LogP contribution is -2.46. The number of carbonyl (C=O) groups is 2. The quantitative estimate of drug-likeness (QED) is 0.333. The minimum absolute atomic E-state index is 0.0508. The molecule has 11 nitrogen and oxygen atoms in total. The zero-order valence-corrected chi connectivity index (χ0v) is 24.7. The summed E-state index contributed by atoms with van der Waals surface area (Å²) in [6.45, 7) is 15.4. The highest BCUT2D eigenvalue weighted by Crippen LogP contribution is 2.41. The summed E-state index contributed by atoms with van der Waals surface area (Å²) in [5.41, 5.74) is 8.80. The predicted octanol–water partition coefficient (Wildman–Crippen LogP) is 4.17. The molecule has 12 heteroatoms. The Morgan fingerprint density at radius 2 is 1.67 bits per heavy atom. The molecule has 3 heterocycles. The third kappa shape index (κ3) is 5.82. The molecule has 0 bridgehead atoms. The monoisotopic (exact) mass is 555 g/mol. The van der Waals surface area contributed by atoms with Crippen molar-refractivity contribution in [2.45, 2.75) is 84.2 Å². The Labute approximate surface area is 229 Å². The molecular formula is C27H37N5O6Si. The average molecular weight is 556 g/mol. The highest BCUT2D eigenvalue weighted by atomic mass is 28.4. The van der Waals surface area contributed by atoms with E-state index in [4.69, 9.17) is 29.4 Å². The molecule has 0 unspecified atom stereocenters. The number of rotatable bonds is 7. The molecule has 0 aliphatic carbocycles. The van der Waals surface area contributed by atoms with Gasteiger partial charge in [-0.15, -0.1) is 0 Å². The Hall–Kier alpha value is -3.35. The number of aryl methyl sites for hydroxylation is 1. The summed E-state index contributed by atoms with van der Waals surface area (Å²) in [7, 11) is -2.19. The van der Waals surface area contributed by atoms with Gasteiger partial charge in [0.1, 0.15) is 18.3 Å². The summed E-state index contributed by atoms with van der Waals surface area (Å²) in [5.74, 6) is -0.387. The zero-order valence-electron chi connectivity index (χ0n) is 23.7. The van der Waals surface area contributed by atoms with Gasteiger partial charge in [0.15, 0.2) is 43.7 Å². The van der Waals surface area contributed by atoms with E-state index in [-0.39, 0.29) is 17.5 Å². The molecule has 210 valence electrons. The fourth-order valence-electron chi connectivity index (χ4n) is 4.28. The van der Waals surface area contributed by atoms with Gasteiger partial charge in [-0.2, -0.15) is 0 Å². The molecule has 0 radical (unpaired) electrons. The van der Waals surface area contributed by atoms with E-state index in [2.05, 4.69) is 43.8 Å². The minimum Gasteiger partial charge on any atom is -0.456 e. The maximum atomic E-state index is 12.3. The van der Waals surface area contributed by atoms with E-state index >= 15 is 0 Å². The van der Waals surface area contributed by atoms with Gasteiger partial charge in [-0.05, 0) is 25.1 Å². The van der Waals surface area contributed by atoms with Crippen molar-refractivity contribution < 1.29 is 28.2 Å². The topological polar surface area (TPSA) is 141 Å². The number of fused-ring (bicyclic) bond motifs is 1. The summed E-state index contributed by atoms with van der Waals surface area (Å²) < 4.78 is 26.2. The first-order valence-corrected chi connectivity index (χ1v) is 15.8. The van der Waals surface area contributed by atoms with E-state index < -0.39 is 44.8 Å². The molecule has 1 aliphatic rings. The number of nitrogens with two attached hydrogens (primary N) is 1. The standard InChI is InChI=1S/C27H37N5O6Si/c1-15-9-11-18(12-10-15)24-31-20-23(28)29-14-30-25(20)32(24)26-22(37-17(3)34)21(36-16(2)33)19(38-26)13-35-39(7,8)27(4,5)6/h9-12,14,19,21-22,26H,13H2,1-8H3,(H2,28,29,30)/t19-,21-,22-,26-/m1/s1. The van der Waals surface area contributed by atoms with Crippen LogP contribution in [0, 0.1) is 6.92 Å². The van der Waals surface area contributed by atoms with Gasteiger partial charge in [-0.3, -0.25) is 14.2 Å². The van der Waals surface area contributed by atoms with E-state index in [1.807, 2.05) is 31.2 Å². The fraction of sp³-hybridized carbons (Fsp3) is 0.519. The average Bonchev–Trinajstić information content (AvgIpc) is 3.36.